The van der Waals surface area contributed by atoms with E-state index in [0.717, 1.165) is 18.4 Å². The largest absolute Gasteiger partial charge is 0.352 e. The molecule has 0 spiro atoms. The van der Waals surface area contributed by atoms with Crippen molar-refractivity contribution in [3.63, 3.8) is 0 Å². The SMILES string of the molecule is CC[C@H](C(=O)NC1CCCCC1)N(Cc1ccc(C)cc1)C(=O)CCSc1ccc(C)cc1. The molecule has 0 saturated heterocycles. The smallest absolute Gasteiger partial charge is 0.243 e. The fourth-order valence-corrected chi connectivity index (χ4v) is 5.23. The summed E-state index contributed by atoms with van der Waals surface area (Å²) in [6.07, 6.45) is 6.70. The van der Waals surface area contributed by atoms with Crippen LogP contribution in [0.5, 0.6) is 0 Å². The molecule has 2 amide bonds. The summed E-state index contributed by atoms with van der Waals surface area (Å²) >= 11 is 1.69. The van der Waals surface area contributed by atoms with E-state index in [2.05, 4.69) is 67.7 Å². The molecule has 1 aliphatic carbocycles. The topological polar surface area (TPSA) is 49.4 Å². The van der Waals surface area contributed by atoms with Gasteiger partial charge in [0.05, 0.1) is 0 Å². The minimum atomic E-state index is -0.440. The van der Waals surface area contributed by atoms with Crippen LogP contribution in [0.4, 0.5) is 0 Å². The third-order valence-electron chi connectivity index (χ3n) is 6.42. The van der Waals surface area contributed by atoms with Crippen LogP contribution in [0.15, 0.2) is 53.4 Å². The van der Waals surface area contributed by atoms with Crippen molar-refractivity contribution in [1.29, 1.82) is 0 Å². The molecule has 0 aliphatic heterocycles. The fraction of sp³-hybridized carbons (Fsp3) is 0.500. The standard InChI is InChI=1S/C28H38N2O2S/c1-4-26(28(32)29-24-8-6-5-7-9-24)30(20-23-14-10-21(2)11-15-23)27(31)18-19-33-25-16-12-22(3)13-17-25/h10-17,24,26H,4-9,18-20H2,1-3H3,(H,29,32)/t26-/m1/s1. The average Bonchev–Trinajstić information content (AvgIpc) is 2.82. The molecule has 2 aromatic carbocycles. The summed E-state index contributed by atoms with van der Waals surface area (Å²) in [6, 6.07) is 16.4. The van der Waals surface area contributed by atoms with Crippen molar-refractivity contribution in [2.45, 2.75) is 89.2 Å². The van der Waals surface area contributed by atoms with E-state index in [1.54, 1.807) is 16.7 Å². The molecule has 2 aromatic rings. The lowest BCUT2D eigenvalue weighted by molar-refractivity contribution is -0.141. The van der Waals surface area contributed by atoms with E-state index in [1.807, 2.05) is 6.92 Å². The molecule has 1 N–H and O–H groups in total. The quantitative estimate of drug-likeness (QED) is 0.434. The highest BCUT2D eigenvalue weighted by molar-refractivity contribution is 7.99. The summed E-state index contributed by atoms with van der Waals surface area (Å²) in [5.41, 5.74) is 3.48. The molecule has 4 nitrogen and oxygen atoms in total. The van der Waals surface area contributed by atoms with Gasteiger partial charge in [-0.2, -0.15) is 0 Å². The van der Waals surface area contributed by atoms with Crippen LogP contribution >= 0.6 is 11.8 Å². The first-order chi connectivity index (χ1) is 16.0. The lowest BCUT2D eigenvalue weighted by Gasteiger charge is -2.33. The predicted molar refractivity (Wildman–Crippen MR) is 137 cm³/mol. The maximum absolute atomic E-state index is 13.4. The molecule has 0 unspecified atom stereocenters. The summed E-state index contributed by atoms with van der Waals surface area (Å²) in [6.45, 7) is 6.60. The second-order valence-corrected chi connectivity index (χ2v) is 10.4. The lowest BCUT2D eigenvalue weighted by atomic mass is 9.95. The maximum atomic E-state index is 13.4. The molecule has 33 heavy (non-hydrogen) atoms. The number of carbonyl (C=O) groups is 2. The minimum absolute atomic E-state index is 0.00366. The zero-order valence-corrected chi connectivity index (χ0v) is 21.1. The normalized spacial score (nSPS) is 15.1. The van der Waals surface area contributed by atoms with Crippen LogP contribution in [0.2, 0.25) is 0 Å². The van der Waals surface area contributed by atoms with Crippen molar-refractivity contribution >= 4 is 23.6 Å². The van der Waals surface area contributed by atoms with Crippen molar-refractivity contribution < 1.29 is 9.59 Å². The molecule has 0 heterocycles. The van der Waals surface area contributed by atoms with E-state index < -0.39 is 6.04 Å². The molecule has 0 bridgehead atoms. The van der Waals surface area contributed by atoms with Gasteiger partial charge in [-0.15, -0.1) is 11.8 Å². The zero-order chi connectivity index (χ0) is 23.6. The first kappa shape index (κ1) is 25.4. The Kier molecular flexibility index (Phi) is 9.86. The molecular weight excluding hydrogens is 428 g/mol. The lowest BCUT2D eigenvalue weighted by Crippen LogP contribution is -2.51. The van der Waals surface area contributed by atoms with Gasteiger partial charge in [0, 0.05) is 29.7 Å². The van der Waals surface area contributed by atoms with Crippen LogP contribution in [0.3, 0.4) is 0 Å². The van der Waals surface area contributed by atoms with Gasteiger partial charge in [0.15, 0.2) is 0 Å². The van der Waals surface area contributed by atoms with Gasteiger partial charge in [0.2, 0.25) is 11.8 Å². The Bertz CT molecular complexity index is 889. The van der Waals surface area contributed by atoms with Gasteiger partial charge in [0.1, 0.15) is 6.04 Å². The predicted octanol–water partition coefficient (Wildman–Crippen LogP) is 6.04. The Balaban J connectivity index is 1.68. The van der Waals surface area contributed by atoms with E-state index in [0.29, 0.717) is 25.1 Å². The van der Waals surface area contributed by atoms with Gasteiger partial charge in [-0.05, 0) is 50.8 Å². The first-order valence-corrected chi connectivity index (χ1v) is 13.3. The van der Waals surface area contributed by atoms with Crippen molar-refractivity contribution in [2.24, 2.45) is 0 Å². The van der Waals surface area contributed by atoms with Crippen molar-refractivity contribution in [3.8, 4) is 0 Å². The summed E-state index contributed by atoms with van der Waals surface area (Å²) in [5, 5.41) is 3.25. The van der Waals surface area contributed by atoms with Gasteiger partial charge < -0.3 is 10.2 Å². The molecule has 1 fully saturated rings. The van der Waals surface area contributed by atoms with E-state index in [-0.39, 0.29) is 17.9 Å². The van der Waals surface area contributed by atoms with Gasteiger partial charge in [-0.1, -0.05) is 73.7 Å². The molecule has 3 rings (SSSR count). The second kappa shape index (κ2) is 12.8. The van der Waals surface area contributed by atoms with Gasteiger partial charge in [-0.25, -0.2) is 0 Å². The number of rotatable bonds is 10. The van der Waals surface area contributed by atoms with Gasteiger partial charge >= 0.3 is 0 Å². The summed E-state index contributed by atoms with van der Waals surface area (Å²) in [5.74, 6) is 0.740. The first-order valence-electron chi connectivity index (χ1n) is 12.3. The average molecular weight is 467 g/mol. The highest BCUT2D eigenvalue weighted by atomic mass is 32.2. The molecule has 0 radical (unpaired) electrons. The minimum Gasteiger partial charge on any atom is -0.352 e. The highest BCUT2D eigenvalue weighted by Crippen LogP contribution is 2.22. The molecule has 178 valence electrons. The number of thioether (sulfide) groups is 1. The highest BCUT2D eigenvalue weighted by Gasteiger charge is 2.30. The van der Waals surface area contributed by atoms with Crippen LogP contribution in [0, 0.1) is 13.8 Å². The van der Waals surface area contributed by atoms with Crippen LogP contribution in [0.1, 0.15) is 68.6 Å². The number of amides is 2. The number of carbonyl (C=O) groups excluding carboxylic acids is 2. The maximum Gasteiger partial charge on any atom is 0.243 e. The number of hydrogen-bond acceptors (Lipinski definition) is 3. The molecule has 1 aliphatic rings. The Labute approximate surface area is 203 Å². The van der Waals surface area contributed by atoms with Crippen LogP contribution < -0.4 is 5.32 Å². The second-order valence-electron chi connectivity index (χ2n) is 9.19. The summed E-state index contributed by atoms with van der Waals surface area (Å²) < 4.78 is 0. The molecule has 1 atom stereocenters. The van der Waals surface area contributed by atoms with Gasteiger partial charge in [0.25, 0.3) is 0 Å². The number of aryl methyl sites for hydroxylation is 2. The van der Waals surface area contributed by atoms with E-state index in [9.17, 15) is 9.59 Å². The molecule has 5 heteroatoms. The van der Waals surface area contributed by atoms with Crippen LogP contribution in [0.25, 0.3) is 0 Å². The number of hydrogen-bond donors (Lipinski definition) is 1. The van der Waals surface area contributed by atoms with Crippen molar-refractivity contribution in [1.82, 2.24) is 10.2 Å². The Morgan fingerprint density at radius 2 is 1.58 bits per heavy atom. The molecule has 1 saturated carbocycles. The molecular formula is C28H38N2O2S. The van der Waals surface area contributed by atoms with Crippen LogP contribution in [-0.4, -0.2) is 34.6 Å². The third-order valence-corrected chi connectivity index (χ3v) is 7.43. The Morgan fingerprint density at radius 3 is 2.18 bits per heavy atom. The summed E-state index contributed by atoms with van der Waals surface area (Å²) in [7, 11) is 0. The number of nitrogens with one attached hydrogen (secondary N) is 1. The van der Waals surface area contributed by atoms with E-state index >= 15 is 0 Å². The Morgan fingerprint density at radius 1 is 0.970 bits per heavy atom. The Hall–Kier alpha value is -2.27. The third kappa shape index (κ3) is 7.92. The monoisotopic (exact) mass is 466 g/mol. The van der Waals surface area contributed by atoms with Crippen molar-refractivity contribution in [3.05, 3.63) is 65.2 Å². The number of benzene rings is 2. The van der Waals surface area contributed by atoms with E-state index in [1.165, 1.54) is 35.3 Å². The van der Waals surface area contributed by atoms with Crippen molar-refractivity contribution in [2.75, 3.05) is 5.75 Å². The zero-order valence-electron chi connectivity index (χ0n) is 20.3. The van der Waals surface area contributed by atoms with Crippen LogP contribution in [-0.2, 0) is 16.1 Å². The van der Waals surface area contributed by atoms with E-state index in [4.69, 9.17) is 0 Å². The van der Waals surface area contributed by atoms with Gasteiger partial charge in [-0.3, -0.25) is 9.59 Å². The fourth-order valence-electron chi connectivity index (χ4n) is 4.39. The summed E-state index contributed by atoms with van der Waals surface area (Å²) in [4.78, 5) is 29.6. The number of nitrogens with zero attached hydrogens (tertiary/aromatic N) is 1. The molecule has 0 aromatic heterocycles.